The molecule has 1 aromatic heterocycles. The molecule has 0 aliphatic heterocycles. The number of aliphatic hydroxyl groups excluding tert-OH is 1. The molecule has 0 radical (unpaired) electrons. The SMILES string of the molecule is COC1(C(O)c2cc3cccc(Cl)c3o2)CCCCCC1. The number of halogens is 1. The predicted octanol–water partition coefficient (Wildman–Crippen LogP) is 4.86. The Hall–Kier alpha value is -1.03. The van der Waals surface area contributed by atoms with Gasteiger partial charge in [-0.15, -0.1) is 0 Å². The van der Waals surface area contributed by atoms with Crippen LogP contribution in [0.3, 0.4) is 0 Å². The van der Waals surface area contributed by atoms with Crippen LogP contribution in [0.2, 0.25) is 5.02 Å². The number of benzene rings is 1. The maximum atomic E-state index is 10.9. The summed E-state index contributed by atoms with van der Waals surface area (Å²) < 4.78 is 11.6. The monoisotopic (exact) mass is 308 g/mol. The molecule has 3 rings (SSSR count). The predicted molar refractivity (Wildman–Crippen MR) is 83.6 cm³/mol. The summed E-state index contributed by atoms with van der Waals surface area (Å²) in [6.45, 7) is 0. The Bertz CT molecular complexity index is 612. The average Bonchev–Trinajstić information content (AvgIpc) is 2.79. The number of para-hydroxylation sites is 1. The van der Waals surface area contributed by atoms with Gasteiger partial charge in [0.1, 0.15) is 17.5 Å². The zero-order chi connectivity index (χ0) is 14.9. The van der Waals surface area contributed by atoms with Crippen LogP contribution in [0.1, 0.15) is 50.4 Å². The highest BCUT2D eigenvalue weighted by Crippen LogP contribution is 2.42. The third-order valence-corrected chi connectivity index (χ3v) is 4.94. The molecule has 1 aromatic carbocycles. The van der Waals surface area contributed by atoms with Crippen LogP contribution >= 0.6 is 11.6 Å². The van der Waals surface area contributed by atoms with Crippen molar-refractivity contribution in [1.82, 2.24) is 0 Å². The van der Waals surface area contributed by atoms with E-state index in [-0.39, 0.29) is 0 Å². The molecule has 0 spiro atoms. The van der Waals surface area contributed by atoms with E-state index in [0.717, 1.165) is 31.1 Å². The molecule has 21 heavy (non-hydrogen) atoms. The van der Waals surface area contributed by atoms with Crippen molar-refractivity contribution in [2.24, 2.45) is 0 Å². The highest BCUT2D eigenvalue weighted by Gasteiger charge is 2.41. The minimum absolute atomic E-state index is 0.543. The normalized spacial score (nSPS) is 20.3. The zero-order valence-electron chi connectivity index (χ0n) is 12.3. The maximum Gasteiger partial charge on any atom is 0.152 e. The van der Waals surface area contributed by atoms with Gasteiger partial charge in [-0.05, 0) is 25.0 Å². The molecular weight excluding hydrogens is 288 g/mol. The molecule has 1 aliphatic carbocycles. The summed E-state index contributed by atoms with van der Waals surface area (Å²) in [5.74, 6) is 0.543. The number of furan rings is 1. The summed E-state index contributed by atoms with van der Waals surface area (Å²) >= 11 is 6.15. The summed E-state index contributed by atoms with van der Waals surface area (Å²) in [5.41, 5.74) is 0.0877. The first-order valence-electron chi connectivity index (χ1n) is 7.57. The van der Waals surface area contributed by atoms with Gasteiger partial charge in [-0.2, -0.15) is 0 Å². The van der Waals surface area contributed by atoms with Gasteiger partial charge < -0.3 is 14.3 Å². The Morgan fingerprint density at radius 1 is 1.24 bits per heavy atom. The number of aliphatic hydroxyl groups is 1. The van der Waals surface area contributed by atoms with E-state index in [1.807, 2.05) is 18.2 Å². The van der Waals surface area contributed by atoms with E-state index >= 15 is 0 Å². The van der Waals surface area contributed by atoms with Gasteiger partial charge in [0.25, 0.3) is 0 Å². The molecule has 3 nitrogen and oxygen atoms in total. The molecular formula is C17H21ClO3. The van der Waals surface area contributed by atoms with Gasteiger partial charge in [-0.3, -0.25) is 0 Å². The van der Waals surface area contributed by atoms with E-state index in [1.165, 1.54) is 12.8 Å². The van der Waals surface area contributed by atoms with Crippen LogP contribution in [0.25, 0.3) is 11.0 Å². The molecule has 4 heteroatoms. The summed E-state index contributed by atoms with van der Waals surface area (Å²) in [4.78, 5) is 0. The molecule has 1 N–H and O–H groups in total. The number of fused-ring (bicyclic) bond motifs is 1. The lowest BCUT2D eigenvalue weighted by Gasteiger charge is -2.35. The smallest absolute Gasteiger partial charge is 0.152 e. The van der Waals surface area contributed by atoms with Crippen LogP contribution in [-0.4, -0.2) is 17.8 Å². The van der Waals surface area contributed by atoms with Crippen molar-refractivity contribution in [1.29, 1.82) is 0 Å². The van der Waals surface area contributed by atoms with E-state index < -0.39 is 11.7 Å². The summed E-state index contributed by atoms with van der Waals surface area (Å²) in [6, 6.07) is 7.49. The van der Waals surface area contributed by atoms with Crippen LogP contribution in [-0.2, 0) is 4.74 Å². The van der Waals surface area contributed by atoms with Crippen molar-refractivity contribution >= 4 is 22.6 Å². The lowest BCUT2D eigenvalue weighted by atomic mass is 9.86. The minimum Gasteiger partial charge on any atom is -0.457 e. The van der Waals surface area contributed by atoms with E-state index in [9.17, 15) is 5.11 Å². The summed E-state index contributed by atoms with van der Waals surface area (Å²) in [6.07, 6.45) is 5.50. The summed E-state index contributed by atoms with van der Waals surface area (Å²) in [7, 11) is 1.68. The fourth-order valence-corrected chi connectivity index (χ4v) is 3.58. The van der Waals surface area contributed by atoms with Gasteiger partial charge in [-0.1, -0.05) is 49.4 Å². The van der Waals surface area contributed by atoms with Crippen LogP contribution in [0, 0.1) is 0 Å². The lowest BCUT2D eigenvalue weighted by Crippen LogP contribution is -2.38. The van der Waals surface area contributed by atoms with Crippen molar-refractivity contribution in [2.45, 2.75) is 50.2 Å². The zero-order valence-corrected chi connectivity index (χ0v) is 13.0. The number of methoxy groups -OCH3 is 1. The standard InChI is InChI=1S/C17H21ClO3/c1-20-17(9-4-2-3-5-10-17)16(19)14-11-12-7-6-8-13(18)15(12)21-14/h6-8,11,16,19H,2-5,9-10H2,1H3. The van der Waals surface area contributed by atoms with E-state index in [1.54, 1.807) is 13.2 Å². The molecule has 1 fully saturated rings. The van der Waals surface area contributed by atoms with Gasteiger partial charge in [0.05, 0.1) is 5.02 Å². The highest BCUT2D eigenvalue weighted by atomic mass is 35.5. The van der Waals surface area contributed by atoms with Crippen molar-refractivity contribution in [3.63, 3.8) is 0 Å². The van der Waals surface area contributed by atoms with Crippen molar-refractivity contribution in [3.8, 4) is 0 Å². The fourth-order valence-electron chi connectivity index (χ4n) is 3.36. The molecule has 0 bridgehead atoms. The van der Waals surface area contributed by atoms with Crippen LogP contribution in [0.4, 0.5) is 0 Å². The largest absolute Gasteiger partial charge is 0.457 e. The molecule has 1 atom stereocenters. The topological polar surface area (TPSA) is 42.6 Å². The van der Waals surface area contributed by atoms with Crippen LogP contribution < -0.4 is 0 Å². The Morgan fingerprint density at radius 3 is 2.57 bits per heavy atom. The third-order valence-electron chi connectivity index (χ3n) is 4.64. The van der Waals surface area contributed by atoms with Crippen LogP contribution in [0.15, 0.2) is 28.7 Å². The number of ether oxygens (including phenoxy) is 1. The first-order chi connectivity index (χ1) is 10.2. The highest BCUT2D eigenvalue weighted by molar-refractivity contribution is 6.34. The molecule has 114 valence electrons. The molecule has 0 saturated heterocycles. The molecule has 1 saturated carbocycles. The molecule has 1 unspecified atom stereocenters. The first-order valence-corrected chi connectivity index (χ1v) is 7.95. The number of hydrogen-bond acceptors (Lipinski definition) is 3. The van der Waals surface area contributed by atoms with Gasteiger partial charge in [-0.25, -0.2) is 0 Å². The maximum absolute atomic E-state index is 10.9. The van der Waals surface area contributed by atoms with E-state index in [0.29, 0.717) is 16.4 Å². The van der Waals surface area contributed by atoms with Crippen molar-refractivity contribution in [2.75, 3.05) is 7.11 Å². The minimum atomic E-state index is -0.760. The van der Waals surface area contributed by atoms with Crippen LogP contribution in [0.5, 0.6) is 0 Å². The second kappa shape index (κ2) is 5.99. The molecule has 1 aliphatic rings. The molecule has 1 heterocycles. The second-order valence-electron chi connectivity index (χ2n) is 5.89. The van der Waals surface area contributed by atoms with Gasteiger partial charge in [0.2, 0.25) is 0 Å². The van der Waals surface area contributed by atoms with Crippen molar-refractivity contribution < 1.29 is 14.3 Å². The quantitative estimate of drug-likeness (QED) is 0.823. The molecule has 0 amide bonds. The first kappa shape index (κ1) is 14.9. The van der Waals surface area contributed by atoms with Gasteiger partial charge in [0, 0.05) is 12.5 Å². The Morgan fingerprint density at radius 2 is 1.95 bits per heavy atom. The Kier molecular flexibility index (Phi) is 4.25. The number of hydrogen-bond donors (Lipinski definition) is 1. The Balaban J connectivity index is 1.97. The third kappa shape index (κ3) is 2.70. The molecule has 2 aromatic rings. The van der Waals surface area contributed by atoms with Gasteiger partial charge in [0.15, 0.2) is 5.58 Å². The van der Waals surface area contributed by atoms with E-state index in [2.05, 4.69) is 0 Å². The number of rotatable bonds is 3. The summed E-state index contributed by atoms with van der Waals surface area (Å²) in [5, 5.41) is 12.3. The second-order valence-corrected chi connectivity index (χ2v) is 6.30. The Labute approximate surface area is 129 Å². The van der Waals surface area contributed by atoms with Gasteiger partial charge >= 0.3 is 0 Å². The van der Waals surface area contributed by atoms with E-state index in [4.69, 9.17) is 20.8 Å². The average molecular weight is 309 g/mol. The van der Waals surface area contributed by atoms with Crippen molar-refractivity contribution in [3.05, 3.63) is 35.0 Å². The fraction of sp³-hybridized carbons (Fsp3) is 0.529. The lowest BCUT2D eigenvalue weighted by molar-refractivity contribution is -0.120.